The van der Waals surface area contributed by atoms with Crippen LogP contribution in [0.25, 0.3) is 0 Å². The Morgan fingerprint density at radius 3 is 2.71 bits per heavy atom. The molecule has 0 aliphatic rings. The molecule has 1 unspecified atom stereocenters. The van der Waals surface area contributed by atoms with Crippen LogP contribution < -0.4 is 9.47 Å². The van der Waals surface area contributed by atoms with Crippen molar-refractivity contribution in [3.05, 3.63) is 42.5 Å². The SMILES string of the molecule is CCCCC(Cc1cccc(OC)c1OC)n1ccnc1. The van der Waals surface area contributed by atoms with Crippen LogP contribution in [0, 0.1) is 0 Å². The lowest BCUT2D eigenvalue weighted by Crippen LogP contribution is -2.11. The van der Waals surface area contributed by atoms with Gasteiger partial charge in [0, 0.05) is 24.0 Å². The van der Waals surface area contributed by atoms with E-state index < -0.39 is 0 Å². The average molecular weight is 288 g/mol. The number of rotatable bonds is 8. The summed E-state index contributed by atoms with van der Waals surface area (Å²) < 4.78 is 13.1. The van der Waals surface area contributed by atoms with Gasteiger partial charge in [0.15, 0.2) is 11.5 Å². The van der Waals surface area contributed by atoms with Gasteiger partial charge >= 0.3 is 0 Å². The third kappa shape index (κ3) is 3.78. The third-order valence-corrected chi connectivity index (χ3v) is 3.78. The molecule has 2 rings (SSSR count). The van der Waals surface area contributed by atoms with Crippen LogP contribution in [-0.2, 0) is 6.42 Å². The second-order valence-corrected chi connectivity index (χ2v) is 5.16. The molecule has 1 heterocycles. The molecule has 0 spiro atoms. The van der Waals surface area contributed by atoms with Crippen molar-refractivity contribution in [2.45, 2.75) is 38.6 Å². The molecule has 0 saturated heterocycles. The van der Waals surface area contributed by atoms with Crippen molar-refractivity contribution in [2.75, 3.05) is 14.2 Å². The van der Waals surface area contributed by atoms with E-state index in [2.05, 4.69) is 22.5 Å². The van der Waals surface area contributed by atoms with Gasteiger partial charge in [0.05, 0.1) is 20.5 Å². The number of hydrogen-bond donors (Lipinski definition) is 0. The van der Waals surface area contributed by atoms with Gasteiger partial charge in [-0.25, -0.2) is 4.98 Å². The quantitative estimate of drug-likeness (QED) is 0.739. The van der Waals surface area contributed by atoms with Crippen LogP contribution in [-0.4, -0.2) is 23.8 Å². The van der Waals surface area contributed by atoms with Gasteiger partial charge in [-0.05, 0) is 18.9 Å². The second kappa shape index (κ2) is 7.72. The first-order valence-corrected chi connectivity index (χ1v) is 7.47. The minimum atomic E-state index is 0.397. The summed E-state index contributed by atoms with van der Waals surface area (Å²) in [6.45, 7) is 2.22. The molecule has 114 valence electrons. The maximum atomic E-state index is 5.54. The van der Waals surface area contributed by atoms with Gasteiger partial charge in [0.1, 0.15) is 0 Å². The van der Waals surface area contributed by atoms with Crippen LogP contribution >= 0.6 is 0 Å². The number of para-hydroxylation sites is 1. The minimum absolute atomic E-state index is 0.397. The monoisotopic (exact) mass is 288 g/mol. The van der Waals surface area contributed by atoms with Gasteiger partial charge < -0.3 is 14.0 Å². The van der Waals surface area contributed by atoms with Crippen LogP contribution in [0.15, 0.2) is 36.9 Å². The molecule has 0 N–H and O–H groups in total. The normalized spacial score (nSPS) is 12.1. The number of unbranched alkanes of at least 4 members (excludes halogenated alkanes) is 1. The van der Waals surface area contributed by atoms with Crippen molar-refractivity contribution in [3.8, 4) is 11.5 Å². The second-order valence-electron chi connectivity index (χ2n) is 5.16. The standard InChI is InChI=1S/C17H24N2O2/c1-4-5-8-15(19-11-10-18-13-19)12-14-7-6-9-16(20-2)17(14)21-3/h6-7,9-11,13,15H,4-5,8,12H2,1-3H3. The highest BCUT2D eigenvalue weighted by atomic mass is 16.5. The highest BCUT2D eigenvalue weighted by Gasteiger charge is 2.16. The van der Waals surface area contributed by atoms with E-state index in [0.717, 1.165) is 24.3 Å². The van der Waals surface area contributed by atoms with Gasteiger partial charge in [-0.1, -0.05) is 31.9 Å². The van der Waals surface area contributed by atoms with Gasteiger partial charge in [-0.3, -0.25) is 0 Å². The Labute approximate surface area is 126 Å². The lowest BCUT2D eigenvalue weighted by Gasteiger charge is -2.20. The smallest absolute Gasteiger partial charge is 0.163 e. The molecular formula is C17H24N2O2. The zero-order valence-corrected chi connectivity index (χ0v) is 13.1. The molecule has 0 aliphatic carbocycles. The Morgan fingerprint density at radius 1 is 1.24 bits per heavy atom. The molecule has 2 aromatic rings. The molecule has 1 aromatic heterocycles. The number of methoxy groups -OCH3 is 2. The average Bonchev–Trinajstić information content (AvgIpc) is 3.05. The Hall–Kier alpha value is -1.97. The zero-order chi connectivity index (χ0) is 15.1. The molecule has 4 nitrogen and oxygen atoms in total. The number of aromatic nitrogens is 2. The van der Waals surface area contributed by atoms with Crippen molar-refractivity contribution < 1.29 is 9.47 Å². The van der Waals surface area contributed by atoms with Crippen LogP contribution in [0.5, 0.6) is 11.5 Å². The fraction of sp³-hybridized carbons (Fsp3) is 0.471. The summed E-state index contributed by atoms with van der Waals surface area (Å²) in [6, 6.07) is 6.45. The van der Waals surface area contributed by atoms with E-state index in [1.54, 1.807) is 14.2 Å². The van der Waals surface area contributed by atoms with Crippen LogP contribution in [0.4, 0.5) is 0 Å². The summed E-state index contributed by atoms with van der Waals surface area (Å²) in [6.07, 6.45) is 10.2. The topological polar surface area (TPSA) is 36.3 Å². The molecular weight excluding hydrogens is 264 g/mol. The first kappa shape index (κ1) is 15.4. The molecule has 1 aromatic carbocycles. The summed E-state index contributed by atoms with van der Waals surface area (Å²) >= 11 is 0. The number of nitrogens with zero attached hydrogens (tertiary/aromatic N) is 2. The lowest BCUT2D eigenvalue weighted by molar-refractivity contribution is 0.347. The fourth-order valence-electron chi connectivity index (χ4n) is 2.65. The Kier molecular flexibility index (Phi) is 5.67. The van der Waals surface area contributed by atoms with E-state index in [1.165, 1.54) is 18.4 Å². The maximum Gasteiger partial charge on any atom is 0.163 e. The van der Waals surface area contributed by atoms with Gasteiger partial charge in [0.25, 0.3) is 0 Å². The van der Waals surface area contributed by atoms with Crippen LogP contribution in [0.3, 0.4) is 0 Å². The largest absolute Gasteiger partial charge is 0.493 e. The van der Waals surface area contributed by atoms with E-state index in [0.29, 0.717) is 6.04 Å². The molecule has 0 bridgehead atoms. The number of hydrogen-bond acceptors (Lipinski definition) is 3. The predicted molar refractivity (Wildman–Crippen MR) is 84.0 cm³/mol. The molecule has 0 amide bonds. The van der Waals surface area contributed by atoms with Crippen molar-refractivity contribution in [3.63, 3.8) is 0 Å². The Balaban J connectivity index is 2.24. The fourth-order valence-corrected chi connectivity index (χ4v) is 2.65. The lowest BCUT2D eigenvalue weighted by atomic mass is 9.99. The molecule has 1 atom stereocenters. The van der Waals surface area contributed by atoms with E-state index >= 15 is 0 Å². The van der Waals surface area contributed by atoms with Crippen molar-refractivity contribution in [1.82, 2.24) is 9.55 Å². The zero-order valence-electron chi connectivity index (χ0n) is 13.1. The third-order valence-electron chi connectivity index (χ3n) is 3.78. The minimum Gasteiger partial charge on any atom is -0.493 e. The summed E-state index contributed by atoms with van der Waals surface area (Å²) in [5, 5.41) is 0. The van der Waals surface area contributed by atoms with E-state index in [-0.39, 0.29) is 0 Å². The Morgan fingerprint density at radius 2 is 2.10 bits per heavy atom. The summed E-state index contributed by atoms with van der Waals surface area (Å²) in [5.74, 6) is 1.62. The van der Waals surface area contributed by atoms with Gasteiger partial charge in [-0.15, -0.1) is 0 Å². The molecule has 0 saturated carbocycles. The first-order valence-electron chi connectivity index (χ1n) is 7.47. The molecule has 21 heavy (non-hydrogen) atoms. The van der Waals surface area contributed by atoms with Crippen molar-refractivity contribution >= 4 is 0 Å². The van der Waals surface area contributed by atoms with Crippen molar-refractivity contribution in [1.29, 1.82) is 0 Å². The van der Waals surface area contributed by atoms with E-state index in [4.69, 9.17) is 9.47 Å². The number of ether oxygens (including phenoxy) is 2. The van der Waals surface area contributed by atoms with Crippen LogP contribution in [0.2, 0.25) is 0 Å². The number of imidazole rings is 1. The van der Waals surface area contributed by atoms with Crippen LogP contribution in [0.1, 0.15) is 37.8 Å². The highest BCUT2D eigenvalue weighted by Crippen LogP contribution is 2.34. The van der Waals surface area contributed by atoms with Gasteiger partial charge in [-0.2, -0.15) is 0 Å². The summed E-state index contributed by atoms with van der Waals surface area (Å²) in [5.41, 5.74) is 1.17. The highest BCUT2D eigenvalue weighted by molar-refractivity contribution is 5.46. The predicted octanol–water partition coefficient (Wildman–Crippen LogP) is 3.87. The summed E-state index contributed by atoms with van der Waals surface area (Å²) in [4.78, 5) is 4.18. The molecule has 4 heteroatoms. The first-order chi connectivity index (χ1) is 10.3. The molecule has 0 fully saturated rings. The van der Waals surface area contributed by atoms with E-state index in [1.807, 2.05) is 30.9 Å². The summed E-state index contributed by atoms with van der Waals surface area (Å²) in [7, 11) is 3.37. The Bertz CT molecular complexity index is 538. The molecule has 0 radical (unpaired) electrons. The number of benzene rings is 1. The molecule has 0 aliphatic heterocycles. The van der Waals surface area contributed by atoms with Gasteiger partial charge in [0.2, 0.25) is 0 Å². The van der Waals surface area contributed by atoms with E-state index in [9.17, 15) is 0 Å². The van der Waals surface area contributed by atoms with Crippen molar-refractivity contribution in [2.24, 2.45) is 0 Å². The maximum absolute atomic E-state index is 5.54.